The summed E-state index contributed by atoms with van der Waals surface area (Å²) in [6, 6.07) is 76.7. The minimum absolute atomic E-state index is 0.136. The molecule has 2 heteroatoms. The van der Waals surface area contributed by atoms with Crippen molar-refractivity contribution in [3.63, 3.8) is 0 Å². The number of anilines is 3. The number of hydrogen-bond donors (Lipinski definition) is 0. The molecule has 0 unspecified atom stereocenters. The number of nitrogens with zero attached hydrogens (tertiary/aromatic N) is 2. The lowest BCUT2D eigenvalue weighted by Crippen LogP contribution is -2.17. The first-order valence-corrected chi connectivity index (χ1v) is 21.9. The molecule has 0 radical (unpaired) electrons. The lowest BCUT2D eigenvalue weighted by atomic mass is 9.81. The van der Waals surface area contributed by atoms with Crippen molar-refractivity contribution in [2.75, 3.05) is 4.90 Å². The van der Waals surface area contributed by atoms with E-state index >= 15 is 0 Å². The second kappa shape index (κ2) is 13.5. The molecule has 0 N–H and O–H groups in total. The quantitative estimate of drug-likeness (QED) is 0.163. The summed E-state index contributed by atoms with van der Waals surface area (Å²) >= 11 is 0. The molecule has 0 amide bonds. The number of fused-ring (bicyclic) bond motifs is 9. The summed E-state index contributed by atoms with van der Waals surface area (Å²) in [5, 5.41) is 2.44. The van der Waals surface area contributed by atoms with E-state index in [1.54, 1.807) is 0 Å². The SMILES string of the molecule is CC1(C)c2ccccc2-c2ccc(-c3ccc4c(c3N(c3ccc(-c5ccccc5)cc3)c3ccc5c(c3)C(C)(C)c3ccccc3-5)c3ccccc3n4-c3ccccc3)cc21. The first-order chi connectivity index (χ1) is 30.3. The first kappa shape index (κ1) is 36.4. The number of para-hydroxylation sites is 2. The second-order valence-corrected chi connectivity index (χ2v) is 18.1. The molecule has 0 atom stereocenters. The van der Waals surface area contributed by atoms with E-state index < -0.39 is 0 Å². The molecule has 0 bridgehead atoms. The van der Waals surface area contributed by atoms with Crippen molar-refractivity contribution in [1.82, 2.24) is 4.57 Å². The molecule has 2 aliphatic carbocycles. The molecule has 12 rings (SSSR count). The highest BCUT2D eigenvalue weighted by atomic mass is 15.2. The summed E-state index contributed by atoms with van der Waals surface area (Å²) in [6.07, 6.45) is 0. The monoisotopic (exact) mass is 794 g/mol. The Labute approximate surface area is 364 Å². The molecule has 2 nitrogen and oxygen atoms in total. The van der Waals surface area contributed by atoms with E-state index in [4.69, 9.17) is 0 Å². The summed E-state index contributed by atoms with van der Waals surface area (Å²) in [4.78, 5) is 2.56. The second-order valence-electron chi connectivity index (χ2n) is 18.1. The van der Waals surface area contributed by atoms with Gasteiger partial charge >= 0.3 is 0 Å². The van der Waals surface area contributed by atoms with E-state index in [-0.39, 0.29) is 10.8 Å². The van der Waals surface area contributed by atoms with Gasteiger partial charge in [0, 0.05) is 44.2 Å². The third-order valence-corrected chi connectivity index (χ3v) is 14.0. The predicted octanol–water partition coefficient (Wildman–Crippen LogP) is 16.2. The van der Waals surface area contributed by atoms with Gasteiger partial charge in [0.1, 0.15) is 0 Å². The highest BCUT2D eigenvalue weighted by molar-refractivity contribution is 6.20. The Hall–Kier alpha value is -7.42. The highest BCUT2D eigenvalue weighted by Gasteiger charge is 2.38. The molecule has 1 aromatic heterocycles. The van der Waals surface area contributed by atoms with Crippen LogP contribution in [0.4, 0.5) is 17.1 Å². The van der Waals surface area contributed by atoms with Gasteiger partial charge in [0.25, 0.3) is 0 Å². The van der Waals surface area contributed by atoms with Crippen LogP contribution in [0.5, 0.6) is 0 Å². The lowest BCUT2D eigenvalue weighted by Gasteiger charge is -2.31. The van der Waals surface area contributed by atoms with Crippen LogP contribution < -0.4 is 4.90 Å². The fraction of sp³-hybridized carbons (Fsp3) is 0.100. The van der Waals surface area contributed by atoms with Crippen LogP contribution in [0.15, 0.2) is 206 Å². The summed E-state index contributed by atoms with van der Waals surface area (Å²) in [6.45, 7) is 9.52. The van der Waals surface area contributed by atoms with Crippen LogP contribution >= 0.6 is 0 Å². The van der Waals surface area contributed by atoms with E-state index in [1.807, 2.05) is 0 Å². The third-order valence-electron chi connectivity index (χ3n) is 14.0. The molecular weight excluding hydrogens is 749 g/mol. The van der Waals surface area contributed by atoms with Crippen molar-refractivity contribution in [2.45, 2.75) is 38.5 Å². The highest BCUT2D eigenvalue weighted by Crippen LogP contribution is 2.55. The molecular formula is C60H46N2. The van der Waals surface area contributed by atoms with E-state index in [9.17, 15) is 0 Å². The minimum Gasteiger partial charge on any atom is -0.309 e. The molecule has 2 aliphatic rings. The lowest BCUT2D eigenvalue weighted by molar-refractivity contribution is 0.660. The van der Waals surface area contributed by atoms with Gasteiger partial charge in [0.2, 0.25) is 0 Å². The van der Waals surface area contributed by atoms with Gasteiger partial charge in [-0.05, 0) is 116 Å². The van der Waals surface area contributed by atoms with E-state index in [1.165, 1.54) is 94.3 Å². The Morgan fingerprint density at radius 3 is 1.55 bits per heavy atom. The standard InChI is InChI=1S/C60H46N2/c1-59(2)51-24-14-11-21-46(51)48-33-29-41(37-53(48)59)45-35-36-56-57(50-23-13-16-26-55(50)62(56)42-19-9-6-10-20-42)58(45)61(43-30-27-40(28-31-43)39-17-7-5-8-18-39)44-32-34-49-47-22-12-15-25-52(47)60(3,4)54(49)38-44/h5-38H,1-4H3. The van der Waals surface area contributed by atoms with Crippen molar-refractivity contribution in [1.29, 1.82) is 0 Å². The van der Waals surface area contributed by atoms with Gasteiger partial charge in [-0.1, -0.05) is 179 Å². The van der Waals surface area contributed by atoms with Gasteiger partial charge in [-0.2, -0.15) is 0 Å². The Kier molecular flexibility index (Phi) is 7.96. The van der Waals surface area contributed by atoms with Crippen LogP contribution in [-0.4, -0.2) is 4.57 Å². The smallest absolute Gasteiger partial charge is 0.0640 e. The van der Waals surface area contributed by atoms with Crippen LogP contribution in [0.25, 0.3) is 72.0 Å². The first-order valence-electron chi connectivity index (χ1n) is 21.9. The molecule has 0 saturated carbocycles. The van der Waals surface area contributed by atoms with Crippen molar-refractivity contribution in [2.24, 2.45) is 0 Å². The van der Waals surface area contributed by atoms with Gasteiger partial charge in [-0.25, -0.2) is 0 Å². The molecule has 0 spiro atoms. The van der Waals surface area contributed by atoms with Crippen LogP contribution in [0, 0.1) is 0 Å². The van der Waals surface area contributed by atoms with Crippen molar-refractivity contribution in [3.8, 4) is 50.2 Å². The normalized spacial score (nSPS) is 14.1. The zero-order valence-corrected chi connectivity index (χ0v) is 35.5. The van der Waals surface area contributed by atoms with Crippen molar-refractivity contribution in [3.05, 3.63) is 229 Å². The number of aromatic nitrogens is 1. The van der Waals surface area contributed by atoms with Crippen LogP contribution in [0.3, 0.4) is 0 Å². The minimum atomic E-state index is -0.163. The van der Waals surface area contributed by atoms with Gasteiger partial charge in [0.05, 0.1) is 16.7 Å². The van der Waals surface area contributed by atoms with Gasteiger partial charge < -0.3 is 9.47 Å². The number of hydrogen-bond acceptors (Lipinski definition) is 1. The molecule has 10 aromatic rings. The maximum Gasteiger partial charge on any atom is 0.0640 e. The maximum absolute atomic E-state index is 2.56. The Bertz CT molecular complexity index is 3390. The van der Waals surface area contributed by atoms with Gasteiger partial charge in [0.15, 0.2) is 0 Å². The van der Waals surface area contributed by atoms with E-state index in [0.717, 1.165) is 17.1 Å². The van der Waals surface area contributed by atoms with Crippen molar-refractivity contribution >= 4 is 38.9 Å². The largest absolute Gasteiger partial charge is 0.309 e. The van der Waals surface area contributed by atoms with E-state index in [0.29, 0.717) is 0 Å². The number of rotatable bonds is 6. The van der Waals surface area contributed by atoms with Crippen molar-refractivity contribution < 1.29 is 0 Å². The maximum atomic E-state index is 2.56. The van der Waals surface area contributed by atoms with Gasteiger partial charge in [-0.15, -0.1) is 0 Å². The Balaban J connectivity index is 1.18. The molecule has 9 aromatic carbocycles. The predicted molar refractivity (Wildman–Crippen MR) is 261 cm³/mol. The molecule has 296 valence electrons. The summed E-state index contributed by atoms with van der Waals surface area (Å²) in [5.74, 6) is 0. The zero-order valence-electron chi connectivity index (χ0n) is 35.5. The molecule has 0 aliphatic heterocycles. The molecule has 62 heavy (non-hydrogen) atoms. The fourth-order valence-corrected chi connectivity index (χ4v) is 10.9. The van der Waals surface area contributed by atoms with Crippen LogP contribution in [0.1, 0.15) is 49.9 Å². The third kappa shape index (κ3) is 5.29. The van der Waals surface area contributed by atoms with Gasteiger partial charge in [-0.3, -0.25) is 0 Å². The summed E-state index contributed by atoms with van der Waals surface area (Å²) in [5.41, 5.74) is 22.2. The summed E-state index contributed by atoms with van der Waals surface area (Å²) in [7, 11) is 0. The molecule has 1 heterocycles. The fourth-order valence-electron chi connectivity index (χ4n) is 10.9. The average Bonchev–Trinajstić information content (AvgIpc) is 3.87. The number of benzene rings is 9. The average molecular weight is 795 g/mol. The molecule has 0 fully saturated rings. The van der Waals surface area contributed by atoms with E-state index in [2.05, 4.69) is 243 Å². The summed E-state index contributed by atoms with van der Waals surface area (Å²) < 4.78 is 2.44. The van der Waals surface area contributed by atoms with Crippen LogP contribution in [0.2, 0.25) is 0 Å². The zero-order chi connectivity index (χ0) is 41.7. The molecule has 0 saturated heterocycles. The topological polar surface area (TPSA) is 8.17 Å². The Morgan fingerprint density at radius 2 is 0.855 bits per heavy atom. The van der Waals surface area contributed by atoms with Crippen LogP contribution in [-0.2, 0) is 10.8 Å². The Morgan fingerprint density at radius 1 is 0.355 bits per heavy atom.